The number of carbonyl (C=O) groups is 1. The van der Waals surface area contributed by atoms with E-state index in [0.717, 1.165) is 0 Å². The van der Waals surface area contributed by atoms with Crippen LogP contribution in [0.4, 0.5) is 4.79 Å². The van der Waals surface area contributed by atoms with Crippen molar-refractivity contribution in [1.29, 1.82) is 0 Å². The summed E-state index contributed by atoms with van der Waals surface area (Å²) < 4.78 is 27.4. The molecule has 1 saturated heterocycles. The molecule has 0 spiro atoms. The molecule has 1 heterocycles. The topological polar surface area (TPSA) is 83.9 Å². The van der Waals surface area contributed by atoms with Gasteiger partial charge in [0, 0.05) is 6.54 Å². The number of sulfone groups is 1. The Morgan fingerprint density at radius 1 is 1.44 bits per heavy atom. The number of aliphatic hydroxyl groups excluding tert-OH is 1. The van der Waals surface area contributed by atoms with Gasteiger partial charge in [-0.2, -0.15) is 0 Å². The minimum atomic E-state index is -3.25. The Morgan fingerprint density at radius 2 is 2.06 bits per heavy atom. The van der Waals surface area contributed by atoms with Crippen molar-refractivity contribution in [2.75, 3.05) is 24.7 Å². The van der Waals surface area contributed by atoms with E-state index in [-0.39, 0.29) is 18.1 Å². The highest BCUT2D eigenvalue weighted by atomic mass is 32.2. The molecule has 0 saturated carbocycles. The first-order valence-electron chi connectivity index (χ1n) is 5.23. The molecule has 1 aliphatic heterocycles. The van der Waals surface area contributed by atoms with Crippen LogP contribution in [0.1, 0.15) is 13.8 Å². The van der Waals surface area contributed by atoms with Crippen molar-refractivity contribution >= 4 is 15.9 Å². The summed E-state index contributed by atoms with van der Waals surface area (Å²) in [5, 5.41) is 9.61. The fraction of sp³-hybridized carbons (Fsp3) is 0.889. The van der Waals surface area contributed by atoms with E-state index in [0.29, 0.717) is 6.54 Å². The maximum Gasteiger partial charge on any atom is 0.410 e. The lowest BCUT2D eigenvalue weighted by Gasteiger charge is -2.27. The van der Waals surface area contributed by atoms with Gasteiger partial charge in [-0.1, -0.05) is 0 Å². The number of aliphatic hydroxyl groups is 1. The molecular weight excluding hydrogens is 234 g/mol. The third-order valence-corrected chi connectivity index (χ3v) is 4.24. The minimum absolute atomic E-state index is 0.194. The molecule has 0 aromatic heterocycles. The van der Waals surface area contributed by atoms with Gasteiger partial charge in [0.2, 0.25) is 0 Å². The molecule has 0 bridgehead atoms. The van der Waals surface area contributed by atoms with Gasteiger partial charge >= 0.3 is 6.09 Å². The van der Waals surface area contributed by atoms with Gasteiger partial charge in [0.15, 0.2) is 9.84 Å². The molecule has 7 heteroatoms. The smallest absolute Gasteiger partial charge is 0.410 e. The monoisotopic (exact) mass is 251 g/mol. The third-order valence-electron chi connectivity index (χ3n) is 2.54. The molecule has 0 radical (unpaired) electrons. The van der Waals surface area contributed by atoms with E-state index in [1.54, 1.807) is 13.8 Å². The summed E-state index contributed by atoms with van der Waals surface area (Å²) in [6.45, 7) is 3.93. The normalized spacial score (nSPS) is 27.7. The standard InChI is InChI=1S/C9H17NO5S/c1-3-10(9(12)15-4-2)7-5-16(13,14)6-8(7)11/h7-8,11H,3-6H2,1-2H3/t7-,8+/m0/s1. The number of carbonyl (C=O) groups excluding carboxylic acids is 1. The van der Waals surface area contributed by atoms with Gasteiger partial charge in [0.25, 0.3) is 0 Å². The zero-order valence-corrected chi connectivity index (χ0v) is 10.2. The van der Waals surface area contributed by atoms with Crippen LogP contribution in [0.5, 0.6) is 0 Å². The van der Waals surface area contributed by atoms with E-state index in [9.17, 15) is 18.3 Å². The van der Waals surface area contributed by atoms with Crippen LogP contribution < -0.4 is 0 Å². The molecule has 0 aromatic carbocycles. The molecule has 6 nitrogen and oxygen atoms in total. The van der Waals surface area contributed by atoms with Crippen molar-refractivity contribution in [2.45, 2.75) is 26.0 Å². The van der Waals surface area contributed by atoms with Gasteiger partial charge in [-0.15, -0.1) is 0 Å². The molecular formula is C9H17NO5S. The lowest BCUT2D eigenvalue weighted by molar-refractivity contribution is 0.0587. The van der Waals surface area contributed by atoms with Crippen LogP contribution in [0.15, 0.2) is 0 Å². The average molecular weight is 251 g/mol. The van der Waals surface area contributed by atoms with Crippen LogP contribution in [0.3, 0.4) is 0 Å². The number of hydrogen-bond acceptors (Lipinski definition) is 5. The first kappa shape index (κ1) is 13.2. The quantitative estimate of drug-likeness (QED) is 0.739. The highest BCUT2D eigenvalue weighted by Crippen LogP contribution is 2.19. The second-order valence-electron chi connectivity index (χ2n) is 3.70. The predicted molar refractivity (Wildman–Crippen MR) is 57.9 cm³/mol. The molecule has 1 fully saturated rings. The number of hydrogen-bond donors (Lipinski definition) is 1. The minimum Gasteiger partial charge on any atom is -0.450 e. The van der Waals surface area contributed by atoms with Crippen LogP contribution >= 0.6 is 0 Å². The molecule has 1 aliphatic rings. The van der Waals surface area contributed by atoms with Gasteiger partial charge in [-0.05, 0) is 13.8 Å². The first-order chi connectivity index (χ1) is 7.41. The second kappa shape index (κ2) is 5.01. The summed E-state index contributed by atoms with van der Waals surface area (Å²) in [7, 11) is -3.25. The molecule has 94 valence electrons. The van der Waals surface area contributed by atoms with E-state index in [1.807, 2.05) is 0 Å². The second-order valence-corrected chi connectivity index (χ2v) is 5.85. The summed E-state index contributed by atoms with van der Waals surface area (Å²) in [5.74, 6) is -0.478. The van der Waals surface area contributed by atoms with Crippen molar-refractivity contribution in [3.05, 3.63) is 0 Å². The number of rotatable bonds is 3. The van der Waals surface area contributed by atoms with Gasteiger partial charge < -0.3 is 14.7 Å². The Hall–Kier alpha value is -0.820. The van der Waals surface area contributed by atoms with E-state index in [4.69, 9.17) is 4.74 Å². The summed E-state index contributed by atoms with van der Waals surface area (Å²) in [6, 6.07) is -0.686. The average Bonchev–Trinajstić information content (AvgIpc) is 2.42. The maximum atomic E-state index is 11.5. The molecule has 0 aliphatic carbocycles. The molecule has 0 unspecified atom stereocenters. The van der Waals surface area contributed by atoms with Crippen molar-refractivity contribution in [3.8, 4) is 0 Å². The molecule has 0 aromatic rings. The van der Waals surface area contributed by atoms with Crippen molar-refractivity contribution in [3.63, 3.8) is 0 Å². The number of amides is 1. The Kier molecular flexibility index (Phi) is 4.15. The predicted octanol–water partition coefficient (Wildman–Crippen LogP) is -0.377. The molecule has 1 rings (SSSR count). The van der Waals surface area contributed by atoms with E-state index >= 15 is 0 Å². The van der Waals surface area contributed by atoms with Gasteiger partial charge in [-0.25, -0.2) is 13.2 Å². The highest BCUT2D eigenvalue weighted by Gasteiger charge is 2.41. The zero-order chi connectivity index (χ0) is 12.3. The summed E-state index contributed by atoms with van der Waals surface area (Å²) >= 11 is 0. The molecule has 16 heavy (non-hydrogen) atoms. The van der Waals surface area contributed by atoms with Crippen LogP contribution in [-0.4, -0.2) is 61.3 Å². The Balaban J connectivity index is 2.78. The number of likely N-dealkylation sites (N-methyl/N-ethyl adjacent to an activating group) is 1. The van der Waals surface area contributed by atoms with Crippen LogP contribution in [0, 0.1) is 0 Å². The Morgan fingerprint density at radius 3 is 2.44 bits per heavy atom. The number of nitrogens with zero attached hydrogens (tertiary/aromatic N) is 1. The third kappa shape index (κ3) is 2.85. The lowest BCUT2D eigenvalue weighted by Crippen LogP contribution is -2.46. The summed E-state index contributed by atoms with van der Waals surface area (Å²) in [4.78, 5) is 12.8. The van der Waals surface area contributed by atoms with Crippen molar-refractivity contribution in [2.24, 2.45) is 0 Å². The van der Waals surface area contributed by atoms with E-state index in [1.165, 1.54) is 4.90 Å². The summed E-state index contributed by atoms with van der Waals surface area (Å²) in [6.07, 6.45) is -1.60. The lowest BCUT2D eigenvalue weighted by atomic mass is 10.2. The highest BCUT2D eigenvalue weighted by molar-refractivity contribution is 7.91. The van der Waals surface area contributed by atoms with Gasteiger partial charge in [0.05, 0.1) is 30.3 Å². The van der Waals surface area contributed by atoms with Crippen molar-refractivity contribution in [1.82, 2.24) is 4.90 Å². The van der Waals surface area contributed by atoms with Crippen molar-refractivity contribution < 1.29 is 23.1 Å². The van der Waals surface area contributed by atoms with Gasteiger partial charge in [-0.3, -0.25) is 0 Å². The van der Waals surface area contributed by atoms with Crippen LogP contribution in [0.25, 0.3) is 0 Å². The molecule has 2 atom stereocenters. The van der Waals surface area contributed by atoms with Crippen LogP contribution in [-0.2, 0) is 14.6 Å². The molecule has 1 amide bonds. The zero-order valence-electron chi connectivity index (χ0n) is 9.42. The SMILES string of the molecule is CCOC(=O)N(CC)[C@H]1CS(=O)(=O)C[C@H]1O. The fourth-order valence-electron chi connectivity index (χ4n) is 1.81. The Bertz CT molecular complexity index is 353. The summed E-state index contributed by atoms with van der Waals surface area (Å²) in [5.41, 5.74) is 0. The van der Waals surface area contributed by atoms with Crippen LogP contribution in [0.2, 0.25) is 0 Å². The van der Waals surface area contributed by atoms with E-state index < -0.39 is 28.1 Å². The largest absolute Gasteiger partial charge is 0.450 e. The maximum absolute atomic E-state index is 11.5. The Labute approximate surface area is 95.1 Å². The first-order valence-corrected chi connectivity index (χ1v) is 7.05. The molecule has 1 N–H and O–H groups in total. The van der Waals surface area contributed by atoms with Gasteiger partial charge in [0.1, 0.15) is 0 Å². The number of ether oxygens (including phenoxy) is 1. The van der Waals surface area contributed by atoms with E-state index in [2.05, 4.69) is 0 Å². The fourth-order valence-corrected chi connectivity index (χ4v) is 3.61.